The second kappa shape index (κ2) is 8.93. The van der Waals surface area contributed by atoms with E-state index in [1.165, 1.54) is 19.0 Å². The molecule has 2 atom stereocenters. The lowest BCUT2D eigenvalue weighted by molar-refractivity contribution is -0.00294. The molecule has 0 aromatic carbocycles. The number of aromatic nitrogens is 1. The number of rotatable bonds is 4. The first-order chi connectivity index (χ1) is 17.0. The van der Waals surface area contributed by atoms with Gasteiger partial charge in [0.05, 0.1) is 29.9 Å². The fraction of sp³-hybridized carbons (Fsp3) is 0.577. The van der Waals surface area contributed by atoms with Gasteiger partial charge in [0.25, 0.3) is 0 Å². The van der Waals surface area contributed by atoms with Crippen LogP contribution in [0, 0.1) is 17.2 Å². The summed E-state index contributed by atoms with van der Waals surface area (Å²) in [7, 11) is 0. The normalized spacial score (nSPS) is 27.3. The lowest BCUT2D eigenvalue weighted by atomic mass is 9.78. The number of fused-ring (bicyclic) bond motifs is 1. The van der Waals surface area contributed by atoms with Crippen LogP contribution in [0.15, 0.2) is 35.6 Å². The molecule has 2 unspecified atom stereocenters. The van der Waals surface area contributed by atoms with Crippen LogP contribution in [0.1, 0.15) is 31.9 Å². The molecule has 1 spiro atoms. The number of hydrazone groups is 1. The summed E-state index contributed by atoms with van der Waals surface area (Å²) in [5.74, 6) is -0.000808. The van der Waals surface area contributed by atoms with Gasteiger partial charge in [0.15, 0.2) is 0 Å². The molecule has 1 aromatic heterocycles. The number of nitrogens with one attached hydrogen (secondary N) is 1. The Hall–Kier alpha value is -2.94. The SMILES string of the molecule is CCOC(=O)N1CC2(CCC(N3CCN(c4cc(F)cnc4C4=CC5=NNCC5C=C4)CC3)C2)C1. The molecule has 2 saturated heterocycles. The van der Waals surface area contributed by atoms with Gasteiger partial charge in [-0.2, -0.15) is 5.10 Å². The highest BCUT2D eigenvalue weighted by Crippen LogP contribution is 2.47. The first kappa shape index (κ1) is 22.5. The van der Waals surface area contributed by atoms with Crippen molar-refractivity contribution in [3.8, 4) is 0 Å². The summed E-state index contributed by atoms with van der Waals surface area (Å²) in [6.07, 6.45) is 10.9. The summed E-state index contributed by atoms with van der Waals surface area (Å²) in [5.41, 5.74) is 6.99. The molecule has 5 aliphatic rings. The Kier molecular flexibility index (Phi) is 5.75. The van der Waals surface area contributed by atoms with E-state index in [0.29, 0.717) is 18.6 Å². The van der Waals surface area contributed by atoms with Gasteiger partial charge in [0, 0.05) is 74.8 Å². The zero-order valence-corrected chi connectivity index (χ0v) is 20.3. The predicted molar refractivity (Wildman–Crippen MR) is 133 cm³/mol. The van der Waals surface area contributed by atoms with Crippen molar-refractivity contribution in [2.75, 3.05) is 57.3 Å². The summed E-state index contributed by atoms with van der Waals surface area (Å²) < 4.78 is 19.4. The number of carbonyl (C=O) groups excluding carboxylic acids is 1. The van der Waals surface area contributed by atoms with Crippen molar-refractivity contribution in [2.24, 2.45) is 16.4 Å². The summed E-state index contributed by atoms with van der Waals surface area (Å²) in [5, 5.41) is 4.38. The minimum absolute atomic E-state index is 0.176. The second-order valence-corrected chi connectivity index (χ2v) is 10.5. The number of hydrogen-bond donors (Lipinski definition) is 1. The van der Waals surface area contributed by atoms with Crippen molar-refractivity contribution < 1.29 is 13.9 Å². The average Bonchev–Trinajstić information content (AvgIpc) is 3.50. The maximum Gasteiger partial charge on any atom is 0.409 e. The van der Waals surface area contributed by atoms with E-state index in [0.717, 1.165) is 74.9 Å². The fourth-order valence-corrected chi connectivity index (χ4v) is 6.41. The van der Waals surface area contributed by atoms with Crippen LogP contribution in [0.2, 0.25) is 0 Å². The Labute approximate surface area is 205 Å². The Morgan fingerprint density at radius 2 is 2.11 bits per heavy atom. The van der Waals surface area contributed by atoms with E-state index >= 15 is 0 Å². The molecule has 8 nitrogen and oxygen atoms in total. The maximum atomic E-state index is 14.3. The summed E-state index contributed by atoms with van der Waals surface area (Å²) in [6, 6.07) is 2.18. The largest absolute Gasteiger partial charge is 0.450 e. The lowest BCUT2D eigenvalue weighted by Crippen LogP contribution is -2.58. The van der Waals surface area contributed by atoms with Gasteiger partial charge in [-0.15, -0.1) is 0 Å². The van der Waals surface area contributed by atoms with Gasteiger partial charge in [0.2, 0.25) is 0 Å². The Bertz CT molecular complexity index is 1090. The van der Waals surface area contributed by atoms with E-state index in [2.05, 4.69) is 43.5 Å². The molecule has 9 heteroatoms. The third-order valence-electron chi connectivity index (χ3n) is 8.24. The van der Waals surface area contributed by atoms with Crippen LogP contribution in [0.5, 0.6) is 0 Å². The van der Waals surface area contributed by atoms with Gasteiger partial charge in [-0.3, -0.25) is 9.88 Å². The molecule has 1 aromatic rings. The zero-order chi connectivity index (χ0) is 24.0. The first-order valence-electron chi connectivity index (χ1n) is 12.8. The topological polar surface area (TPSA) is 73.3 Å². The smallest absolute Gasteiger partial charge is 0.409 e. The van der Waals surface area contributed by atoms with Gasteiger partial charge in [-0.25, -0.2) is 9.18 Å². The number of nitrogens with zero attached hydrogens (tertiary/aromatic N) is 5. The second-order valence-electron chi connectivity index (χ2n) is 10.5. The number of amides is 1. The van der Waals surface area contributed by atoms with E-state index in [4.69, 9.17) is 4.74 Å². The van der Waals surface area contributed by atoms with Crippen LogP contribution in [0.4, 0.5) is 14.9 Å². The van der Waals surface area contributed by atoms with Crippen LogP contribution < -0.4 is 10.3 Å². The van der Waals surface area contributed by atoms with E-state index in [1.807, 2.05) is 11.8 Å². The number of hydrogen-bond acceptors (Lipinski definition) is 7. The van der Waals surface area contributed by atoms with Gasteiger partial charge in [-0.1, -0.05) is 12.2 Å². The molecular weight excluding hydrogens is 447 g/mol. The van der Waals surface area contributed by atoms with Gasteiger partial charge in [-0.05, 0) is 32.3 Å². The van der Waals surface area contributed by atoms with Crippen molar-refractivity contribution in [2.45, 2.75) is 32.2 Å². The van der Waals surface area contributed by atoms with Crippen LogP contribution in [-0.4, -0.2) is 85.1 Å². The molecule has 4 heterocycles. The van der Waals surface area contributed by atoms with E-state index < -0.39 is 0 Å². The van der Waals surface area contributed by atoms with Crippen LogP contribution in [0.3, 0.4) is 0 Å². The number of pyridine rings is 1. The highest BCUT2D eigenvalue weighted by Gasteiger charge is 2.51. The molecule has 3 fully saturated rings. The quantitative estimate of drug-likeness (QED) is 0.715. The highest BCUT2D eigenvalue weighted by atomic mass is 19.1. The van der Waals surface area contributed by atoms with Crippen molar-refractivity contribution in [3.05, 3.63) is 42.0 Å². The molecule has 3 aliphatic heterocycles. The number of likely N-dealkylation sites (tertiary alicyclic amines) is 1. The minimum Gasteiger partial charge on any atom is -0.450 e. The molecule has 1 N–H and O–H groups in total. The van der Waals surface area contributed by atoms with E-state index in [1.54, 1.807) is 6.07 Å². The number of halogens is 1. The Morgan fingerprint density at radius 1 is 1.29 bits per heavy atom. The van der Waals surface area contributed by atoms with Crippen molar-refractivity contribution in [1.29, 1.82) is 0 Å². The highest BCUT2D eigenvalue weighted by molar-refractivity contribution is 6.08. The summed E-state index contributed by atoms with van der Waals surface area (Å²) in [6.45, 7) is 8.34. The van der Waals surface area contributed by atoms with Crippen LogP contribution in [0.25, 0.3) is 5.57 Å². The number of piperazine rings is 1. The van der Waals surface area contributed by atoms with Crippen molar-refractivity contribution in [3.63, 3.8) is 0 Å². The third-order valence-corrected chi connectivity index (χ3v) is 8.24. The molecule has 0 radical (unpaired) electrons. The fourth-order valence-electron chi connectivity index (χ4n) is 6.41. The summed E-state index contributed by atoms with van der Waals surface area (Å²) in [4.78, 5) is 23.2. The molecule has 6 rings (SSSR count). The van der Waals surface area contributed by atoms with E-state index in [9.17, 15) is 9.18 Å². The molecule has 1 amide bonds. The lowest BCUT2D eigenvalue weighted by Gasteiger charge is -2.48. The van der Waals surface area contributed by atoms with Crippen molar-refractivity contribution >= 4 is 23.1 Å². The Morgan fingerprint density at radius 3 is 2.91 bits per heavy atom. The average molecular weight is 481 g/mol. The molecule has 35 heavy (non-hydrogen) atoms. The number of carbonyl (C=O) groups is 1. The van der Waals surface area contributed by atoms with Crippen molar-refractivity contribution in [1.82, 2.24) is 20.2 Å². The maximum absolute atomic E-state index is 14.3. The molecular formula is C26H33FN6O2. The predicted octanol–water partition coefficient (Wildman–Crippen LogP) is 2.88. The minimum atomic E-state index is -0.307. The number of ether oxygens (including phenoxy) is 1. The number of anilines is 1. The van der Waals surface area contributed by atoms with Gasteiger partial charge < -0.3 is 20.0 Å². The molecule has 2 aliphatic carbocycles. The zero-order valence-electron chi connectivity index (χ0n) is 20.3. The monoisotopic (exact) mass is 480 g/mol. The molecule has 1 saturated carbocycles. The third kappa shape index (κ3) is 4.20. The standard InChI is InChI=1S/C26H33FN6O2/c1-2-35-25(34)33-16-26(17-33)6-5-21(13-26)31-7-9-32(10-8-31)23-12-20(27)15-28-24(23)18-3-4-19-14-29-30-22(19)11-18/h3-4,11-12,15,19,21,29H,2,5-10,13-14,16-17H2,1H3. The number of allylic oxidation sites excluding steroid dienone is 3. The van der Waals surface area contributed by atoms with E-state index in [-0.39, 0.29) is 17.3 Å². The first-order valence-corrected chi connectivity index (χ1v) is 12.8. The van der Waals surface area contributed by atoms with Crippen LogP contribution in [-0.2, 0) is 4.74 Å². The summed E-state index contributed by atoms with van der Waals surface area (Å²) >= 11 is 0. The van der Waals surface area contributed by atoms with Gasteiger partial charge in [0.1, 0.15) is 5.82 Å². The molecule has 186 valence electrons. The van der Waals surface area contributed by atoms with Crippen LogP contribution >= 0.6 is 0 Å². The van der Waals surface area contributed by atoms with Gasteiger partial charge >= 0.3 is 6.09 Å². The molecule has 0 bridgehead atoms. The Balaban J connectivity index is 1.10.